The first-order valence-corrected chi connectivity index (χ1v) is 9.27. The van der Waals surface area contributed by atoms with Crippen LogP contribution in [0.25, 0.3) is 16.6 Å². The molecule has 1 aliphatic carbocycles. The summed E-state index contributed by atoms with van der Waals surface area (Å²) in [6, 6.07) is 5.35. The molecule has 0 spiro atoms. The molecule has 0 unspecified atom stereocenters. The van der Waals surface area contributed by atoms with Gasteiger partial charge in [0.1, 0.15) is 11.7 Å². The Labute approximate surface area is 166 Å². The van der Waals surface area contributed by atoms with Crippen LogP contribution in [0.5, 0.6) is 0 Å². The third kappa shape index (κ3) is 3.00. The topological polar surface area (TPSA) is 48.0 Å². The monoisotopic (exact) mass is 425 g/mol. The van der Waals surface area contributed by atoms with Gasteiger partial charge in [0.2, 0.25) is 0 Å². The molecule has 0 N–H and O–H groups in total. The Kier molecular flexibility index (Phi) is 3.86. The van der Waals surface area contributed by atoms with Crippen molar-refractivity contribution in [2.45, 2.75) is 31.0 Å². The number of aromatic nitrogens is 5. The average molecular weight is 426 g/mol. The van der Waals surface area contributed by atoms with Gasteiger partial charge in [0, 0.05) is 23.3 Å². The summed E-state index contributed by atoms with van der Waals surface area (Å²) in [6.45, 7) is -1.15. The van der Waals surface area contributed by atoms with Crippen LogP contribution in [0.3, 0.4) is 0 Å². The summed E-state index contributed by atoms with van der Waals surface area (Å²) in [5.74, 6) is 0.271. The number of nitrogens with zero attached hydrogens (tertiary/aromatic N) is 5. The second-order valence-corrected chi connectivity index (χ2v) is 7.71. The highest BCUT2D eigenvalue weighted by Crippen LogP contribution is 2.56. The fraction of sp³-hybridized carbons (Fsp3) is 0.278. The lowest BCUT2D eigenvalue weighted by Gasteiger charge is -2.09. The molecule has 0 bridgehead atoms. The summed E-state index contributed by atoms with van der Waals surface area (Å²) in [5, 5.41) is 9.30. The van der Waals surface area contributed by atoms with E-state index in [0.717, 1.165) is 27.9 Å². The van der Waals surface area contributed by atoms with E-state index in [2.05, 4.69) is 15.2 Å². The summed E-state index contributed by atoms with van der Waals surface area (Å²) in [4.78, 5) is 4.34. The maximum absolute atomic E-state index is 12.8. The van der Waals surface area contributed by atoms with Crippen LogP contribution in [0.4, 0.5) is 13.2 Å². The highest BCUT2D eigenvalue weighted by Gasteiger charge is 2.42. The van der Waals surface area contributed by atoms with Gasteiger partial charge in [-0.25, -0.2) is 9.50 Å². The molecule has 3 aromatic heterocycles. The standard InChI is InChI=1S/C18H12Cl2F3N5/c19-14-3-9(4-15-13(14)7-25-28(15)8-18(21,22)23)10-5-11(10)12-6-16(20)26-27-2-1-24-17(12)27/h1-4,6-7,10-11H,5,8H2/t10-,11+/m1/s1. The Bertz CT molecular complexity index is 1210. The predicted octanol–water partition coefficient (Wildman–Crippen LogP) is 5.22. The van der Waals surface area contributed by atoms with E-state index in [1.165, 1.54) is 6.20 Å². The number of benzene rings is 1. The minimum Gasteiger partial charge on any atom is -0.256 e. The molecule has 0 aliphatic heterocycles. The summed E-state index contributed by atoms with van der Waals surface area (Å²) >= 11 is 12.5. The number of imidazole rings is 1. The van der Waals surface area contributed by atoms with Crippen LogP contribution in [0.2, 0.25) is 10.2 Å². The molecule has 5 nitrogen and oxygen atoms in total. The molecule has 144 valence electrons. The largest absolute Gasteiger partial charge is 0.408 e. The lowest BCUT2D eigenvalue weighted by molar-refractivity contribution is -0.141. The lowest BCUT2D eigenvalue weighted by atomic mass is 10.0. The van der Waals surface area contributed by atoms with Crippen molar-refractivity contribution in [3.63, 3.8) is 0 Å². The highest BCUT2D eigenvalue weighted by atomic mass is 35.5. The quantitative estimate of drug-likeness (QED) is 0.452. The highest BCUT2D eigenvalue weighted by molar-refractivity contribution is 6.35. The Balaban J connectivity index is 1.54. The third-order valence-corrected chi connectivity index (χ3v) is 5.54. The number of hydrogen-bond acceptors (Lipinski definition) is 3. The molecule has 1 saturated carbocycles. The van der Waals surface area contributed by atoms with Gasteiger partial charge < -0.3 is 0 Å². The second kappa shape index (κ2) is 6.09. The fourth-order valence-electron chi connectivity index (χ4n) is 3.75. The van der Waals surface area contributed by atoms with Gasteiger partial charge in [-0.05, 0) is 42.0 Å². The molecular formula is C18H12Cl2F3N5. The van der Waals surface area contributed by atoms with Gasteiger partial charge in [-0.15, -0.1) is 0 Å². The summed E-state index contributed by atoms with van der Waals surface area (Å²) in [7, 11) is 0. The van der Waals surface area contributed by atoms with E-state index < -0.39 is 12.7 Å². The number of alkyl halides is 3. The van der Waals surface area contributed by atoms with Crippen LogP contribution in [0, 0.1) is 0 Å². The van der Waals surface area contributed by atoms with Crippen molar-refractivity contribution in [2.24, 2.45) is 0 Å². The van der Waals surface area contributed by atoms with E-state index in [4.69, 9.17) is 23.2 Å². The lowest BCUT2D eigenvalue weighted by Crippen LogP contribution is -2.18. The molecule has 0 amide bonds. The molecule has 10 heteroatoms. The van der Waals surface area contributed by atoms with Gasteiger partial charge >= 0.3 is 6.18 Å². The second-order valence-electron chi connectivity index (χ2n) is 6.92. The van der Waals surface area contributed by atoms with Crippen molar-refractivity contribution in [2.75, 3.05) is 0 Å². The smallest absolute Gasteiger partial charge is 0.256 e. The first-order valence-electron chi connectivity index (χ1n) is 8.51. The normalized spacial score (nSPS) is 19.6. The zero-order valence-electron chi connectivity index (χ0n) is 14.2. The number of hydrogen-bond donors (Lipinski definition) is 0. The summed E-state index contributed by atoms with van der Waals surface area (Å²) in [6.07, 6.45) is 1.22. The van der Waals surface area contributed by atoms with E-state index in [-0.39, 0.29) is 11.8 Å². The van der Waals surface area contributed by atoms with E-state index in [0.29, 0.717) is 21.1 Å². The van der Waals surface area contributed by atoms with Crippen LogP contribution in [-0.4, -0.2) is 30.6 Å². The fourth-order valence-corrected chi connectivity index (χ4v) is 4.22. The van der Waals surface area contributed by atoms with Gasteiger partial charge in [-0.2, -0.15) is 23.4 Å². The number of rotatable bonds is 3. The maximum atomic E-state index is 12.8. The summed E-state index contributed by atoms with van der Waals surface area (Å²) < 4.78 is 41.1. The Morgan fingerprint density at radius 3 is 2.75 bits per heavy atom. The van der Waals surface area contributed by atoms with Crippen molar-refractivity contribution in [1.29, 1.82) is 0 Å². The van der Waals surface area contributed by atoms with Crippen LogP contribution in [-0.2, 0) is 6.54 Å². The molecule has 5 rings (SSSR count). The average Bonchev–Trinajstić information content (AvgIpc) is 3.09. The molecule has 1 fully saturated rings. The van der Waals surface area contributed by atoms with Crippen LogP contribution in [0.1, 0.15) is 29.4 Å². The van der Waals surface area contributed by atoms with Gasteiger partial charge in [-0.1, -0.05) is 23.2 Å². The Morgan fingerprint density at radius 2 is 1.96 bits per heavy atom. The molecule has 28 heavy (non-hydrogen) atoms. The molecule has 1 aromatic carbocycles. The Morgan fingerprint density at radius 1 is 1.14 bits per heavy atom. The van der Waals surface area contributed by atoms with Gasteiger partial charge in [-0.3, -0.25) is 4.68 Å². The minimum atomic E-state index is -4.36. The molecule has 2 atom stereocenters. The van der Waals surface area contributed by atoms with Crippen molar-refractivity contribution >= 4 is 39.8 Å². The van der Waals surface area contributed by atoms with Crippen LogP contribution < -0.4 is 0 Å². The molecule has 0 saturated heterocycles. The summed E-state index contributed by atoms with van der Waals surface area (Å²) in [5.41, 5.74) is 2.95. The van der Waals surface area contributed by atoms with E-state index in [1.807, 2.05) is 0 Å². The van der Waals surface area contributed by atoms with Crippen molar-refractivity contribution in [3.05, 3.63) is 58.1 Å². The van der Waals surface area contributed by atoms with E-state index in [1.54, 1.807) is 35.1 Å². The van der Waals surface area contributed by atoms with Crippen LogP contribution in [0.15, 0.2) is 36.8 Å². The first-order chi connectivity index (χ1) is 13.3. The maximum Gasteiger partial charge on any atom is 0.408 e. The van der Waals surface area contributed by atoms with Gasteiger partial charge in [0.05, 0.1) is 16.7 Å². The number of halogens is 5. The van der Waals surface area contributed by atoms with Crippen molar-refractivity contribution in [3.8, 4) is 0 Å². The minimum absolute atomic E-state index is 0.120. The molecular weight excluding hydrogens is 414 g/mol. The zero-order chi connectivity index (χ0) is 19.6. The Hall–Kier alpha value is -2.32. The molecule has 0 radical (unpaired) electrons. The van der Waals surface area contributed by atoms with E-state index in [9.17, 15) is 13.2 Å². The number of fused-ring (bicyclic) bond motifs is 2. The van der Waals surface area contributed by atoms with Crippen LogP contribution >= 0.6 is 23.2 Å². The molecule has 1 aliphatic rings. The zero-order valence-corrected chi connectivity index (χ0v) is 15.7. The van der Waals surface area contributed by atoms with Crippen molar-refractivity contribution < 1.29 is 13.2 Å². The van der Waals surface area contributed by atoms with Gasteiger partial charge in [0.25, 0.3) is 0 Å². The SMILES string of the molecule is FC(F)(F)Cn1ncc2c(Cl)cc([C@H]3C[C@@H]3c3cc(Cl)nn4ccnc34)cc21. The first kappa shape index (κ1) is 17.8. The van der Waals surface area contributed by atoms with Gasteiger partial charge in [0.15, 0.2) is 5.65 Å². The molecule has 4 aromatic rings. The molecule has 3 heterocycles. The van der Waals surface area contributed by atoms with E-state index >= 15 is 0 Å². The third-order valence-electron chi connectivity index (χ3n) is 5.04. The van der Waals surface area contributed by atoms with Crippen molar-refractivity contribution in [1.82, 2.24) is 24.4 Å². The predicted molar refractivity (Wildman–Crippen MR) is 98.9 cm³/mol.